The fourth-order valence-electron chi connectivity index (χ4n) is 2.41. The Morgan fingerprint density at radius 3 is 2.95 bits per heavy atom. The summed E-state index contributed by atoms with van der Waals surface area (Å²) in [6.45, 7) is 9.97. The van der Waals surface area contributed by atoms with E-state index in [0.717, 1.165) is 17.7 Å². The number of hydrogen-bond donors (Lipinski definition) is 1. The second-order valence-electron chi connectivity index (χ2n) is 5.27. The molecule has 0 spiro atoms. The van der Waals surface area contributed by atoms with Crippen molar-refractivity contribution in [3.05, 3.63) is 45.0 Å². The number of nitrogens with zero attached hydrogens (tertiary/aromatic N) is 2. The van der Waals surface area contributed by atoms with Gasteiger partial charge < -0.3 is 5.32 Å². The fraction of sp³-hybridized carbons (Fsp3) is 0.429. The van der Waals surface area contributed by atoms with E-state index < -0.39 is 0 Å². The maximum atomic E-state index is 11.1. The Morgan fingerprint density at radius 2 is 2.35 bits per heavy atom. The van der Waals surface area contributed by atoms with Gasteiger partial charge in [-0.15, -0.1) is 0 Å². The van der Waals surface area contributed by atoms with Crippen molar-refractivity contribution in [3.8, 4) is 0 Å². The fourth-order valence-corrected chi connectivity index (χ4v) is 2.63. The number of nitro groups is 1. The van der Waals surface area contributed by atoms with Crippen LogP contribution in [0.4, 0.5) is 11.4 Å². The second-order valence-corrected chi connectivity index (χ2v) is 5.68. The molecule has 0 amide bonds. The van der Waals surface area contributed by atoms with E-state index in [1.165, 1.54) is 6.07 Å². The van der Waals surface area contributed by atoms with Gasteiger partial charge in [-0.1, -0.05) is 23.8 Å². The van der Waals surface area contributed by atoms with Crippen molar-refractivity contribution in [2.45, 2.75) is 26.4 Å². The Kier molecular flexibility index (Phi) is 4.30. The van der Waals surface area contributed by atoms with Crippen LogP contribution in [0, 0.1) is 10.1 Å². The summed E-state index contributed by atoms with van der Waals surface area (Å²) in [7, 11) is 0. The van der Waals surface area contributed by atoms with Gasteiger partial charge in [-0.3, -0.25) is 15.0 Å². The Hall–Kier alpha value is -1.59. The molecule has 1 heterocycles. The van der Waals surface area contributed by atoms with Crippen LogP contribution in [0.5, 0.6) is 0 Å². The molecular formula is C14H18ClN3O2. The molecule has 1 aliphatic heterocycles. The number of rotatable bonds is 3. The highest BCUT2D eigenvalue weighted by atomic mass is 35.5. The van der Waals surface area contributed by atoms with Crippen LogP contribution >= 0.6 is 11.6 Å². The lowest BCUT2D eigenvalue weighted by Crippen LogP contribution is -2.36. The van der Waals surface area contributed by atoms with Gasteiger partial charge in [0.25, 0.3) is 5.69 Å². The summed E-state index contributed by atoms with van der Waals surface area (Å²) in [6.07, 6.45) is 0. The molecule has 1 aromatic rings. The third-order valence-corrected chi connectivity index (χ3v) is 3.82. The number of halogens is 1. The molecule has 0 saturated carbocycles. The maximum absolute atomic E-state index is 11.1. The molecule has 6 heteroatoms. The Balaban J connectivity index is 2.44. The molecule has 0 bridgehead atoms. The van der Waals surface area contributed by atoms with Gasteiger partial charge in [-0.05, 0) is 19.9 Å². The number of anilines is 1. The van der Waals surface area contributed by atoms with Crippen molar-refractivity contribution >= 4 is 23.0 Å². The van der Waals surface area contributed by atoms with Gasteiger partial charge >= 0.3 is 0 Å². The molecule has 0 radical (unpaired) electrons. The van der Waals surface area contributed by atoms with E-state index in [0.29, 0.717) is 23.8 Å². The molecule has 1 atom stereocenters. The summed E-state index contributed by atoms with van der Waals surface area (Å²) in [6, 6.07) is 3.29. The van der Waals surface area contributed by atoms with Gasteiger partial charge in [0.2, 0.25) is 0 Å². The summed E-state index contributed by atoms with van der Waals surface area (Å²) in [5, 5.41) is 14.9. The van der Waals surface area contributed by atoms with Gasteiger partial charge in [-0.25, -0.2) is 0 Å². The summed E-state index contributed by atoms with van der Waals surface area (Å²) >= 11 is 6.23. The minimum atomic E-state index is -0.374. The zero-order valence-corrected chi connectivity index (χ0v) is 12.4. The monoisotopic (exact) mass is 295 g/mol. The Morgan fingerprint density at radius 1 is 1.65 bits per heavy atom. The highest BCUT2D eigenvalue weighted by molar-refractivity contribution is 6.32. The molecule has 20 heavy (non-hydrogen) atoms. The van der Waals surface area contributed by atoms with E-state index in [2.05, 4.69) is 23.7 Å². The van der Waals surface area contributed by atoms with Gasteiger partial charge in [0, 0.05) is 42.3 Å². The van der Waals surface area contributed by atoms with Gasteiger partial charge in [0.15, 0.2) is 0 Å². The molecule has 1 aliphatic rings. The van der Waals surface area contributed by atoms with Crippen LogP contribution in [-0.4, -0.2) is 29.0 Å². The molecular weight excluding hydrogens is 278 g/mol. The molecule has 0 unspecified atom stereocenters. The first-order valence-corrected chi connectivity index (χ1v) is 6.86. The third-order valence-electron chi connectivity index (χ3n) is 3.46. The summed E-state index contributed by atoms with van der Waals surface area (Å²) in [5.41, 5.74) is 2.46. The van der Waals surface area contributed by atoms with Crippen molar-refractivity contribution in [3.63, 3.8) is 0 Å². The lowest BCUT2D eigenvalue weighted by Gasteiger charge is -2.26. The summed E-state index contributed by atoms with van der Waals surface area (Å²) in [5.74, 6) is 0. The topological polar surface area (TPSA) is 58.4 Å². The molecule has 0 fully saturated rings. The van der Waals surface area contributed by atoms with Crippen LogP contribution in [-0.2, 0) is 6.54 Å². The smallest absolute Gasteiger partial charge is 0.292 e. The van der Waals surface area contributed by atoms with Crippen LogP contribution in [0.1, 0.15) is 19.4 Å². The van der Waals surface area contributed by atoms with E-state index in [-0.39, 0.29) is 16.7 Å². The summed E-state index contributed by atoms with van der Waals surface area (Å²) in [4.78, 5) is 13.0. The zero-order valence-electron chi connectivity index (χ0n) is 11.6. The molecule has 0 aromatic heterocycles. The molecule has 1 N–H and O–H groups in total. The van der Waals surface area contributed by atoms with E-state index in [9.17, 15) is 10.1 Å². The highest BCUT2D eigenvalue weighted by Gasteiger charge is 2.27. The number of nitro benzene ring substituents is 1. The van der Waals surface area contributed by atoms with Crippen molar-refractivity contribution in [1.29, 1.82) is 0 Å². The highest BCUT2D eigenvalue weighted by Crippen LogP contribution is 2.36. The first kappa shape index (κ1) is 14.8. The second kappa shape index (κ2) is 5.81. The van der Waals surface area contributed by atoms with Crippen LogP contribution in [0.2, 0.25) is 5.02 Å². The van der Waals surface area contributed by atoms with E-state index in [1.54, 1.807) is 6.07 Å². The van der Waals surface area contributed by atoms with Crippen molar-refractivity contribution < 1.29 is 4.92 Å². The molecule has 0 aliphatic carbocycles. The quantitative estimate of drug-likeness (QED) is 0.527. The van der Waals surface area contributed by atoms with Crippen molar-refractivity contribution in [2.75, 3.05) is 18.4 Å². The molecule has 108 valence electrons. The molecule has 2 rings (SSSR count). The SMILES string of the molecule is C=C(C)CN1Cc2c(Cl)ccc([N+](=O)[O-])c2NC[C@@H]1C. The maximum Gasteiger partial charge on any atom is 0.292 e. The molecule has 5 nitrogen and oxygen atoms in total. The minimum absolute atomic E-state index is 0.0776. The van der Waals surface area contributed by atoms with Crippen molar-refractivity contribution in [1.82, 2.24) is 4.90 Å². The number of fused-ring (bicyclic) bond motifs is 1. The predicted octanol–water partition coefficient (Wildman–Crippen LogP) is 3.44. The lowest BCUT2D eigenvalue weighted by atomic mass is 10.1. The normalized spacial score (nSPS) is 18.9. The minimum Gasteiger partial charge on any atom is -0.378 e. The van der Waals surface area contributed by atoms with Gasteiger partial charge in [0.1, 0.15) is 5.69 Å². The van der Waals surface area contributed by atoms with Crippen LogP contribution < -0.4 is 5.32 Å². The third kappa shape index (κ3) is 2.94. The van der Waals surface area contributed by atoms with Crippen molar-refractivity contribution in [2.24, 2.45) is 0 Å². The first-order chi connectivity index (χ1) is 9.40. The van der Waals surface area contributed by atoms with Gasteiger partial charge in [0.05, 0.1) is 4.92 Å². The Labute approximate surface area is 123 Å². The average Bonchev–Trinajstić information content (AvgIpc) is 2.51. The average molecular weight is 296 g/mol. The van der Waals surface area contributed by atoms with Crippen LogP contribution in [0.15, 0.2) is 24.3 Å². The number of hydrogen-bond acceptors (Lipinski definition) is 4. The molecule has 0 saturated heterocycles. The van der Waals surface area contributed by atoms with Gasteiger partial charge in [-0.2, -0.15) is 0 Å². The largest absolute Gasteiger partial charge is 0.378 e. The number of nitrogens with one attached hydrogen (secondary N) is 1. The standard InChI is InChI=1S/C14H18ClN3O2/c1-9(2)7-17-8-11-12(15)4-5-13(18(19)20)14(11)16-6-10(17)3/h4-5,10,16H,1,6-8H2,2-3H3/t10-/m0/s1. The Bertz CT molecular complexity index is 560. The van der Waals surface area contributed by atoms with Crippen LogP contribution in [0.3, 0.4) is 0 Å². The van der Waals surface area contributed by atoms with E-state index in [1.807, 2.05) is 6.92 Å². The van der Waals surface area contributed by atoms with E-state index >= 15 is 0 Å². The first-order valence-electron chi connectivity index (χ1n) is 6.48. The zero-order chi connectivity index (χ0) is 14.9. The summed E-state index contributed by atoms with van der Waals surface area (Å²) < 4.78 is 0. The van der Waals surface area contributed by atoms with E-state index in [4.69, 9.17) is 11.6 Å². The predicted molar refractivity (Wildman–Crippen MR) is 81.3 cm³/mol. The van der Waals surface area contributed by atoms with Crippen LogP contribution in [0.25, 0.3) is 0 Å². The molecule has 1 aromatic carbocycles. The lowest BCUT2D eigenvalue weighted by molar-refractivity contribution is -0.384. The number of benzene rings is 1.